The van der Waals surface area contributed by atoms with Gasteiger partial charge in [0.25, 0.3) is 0 Å². The Balaban J connectivity index is 1.14. The number of morpholine rings is 1. The molecule has 0 aliphatic carbocycles. The van der Waals surface area contributed by atoms with Gasteiger partial charge in [-0.1, -0.05) is 42.1 Å². The van der Waals surface area contributed by atoms with Gasteiger partial charge in [0.2, 0.25) is 15.9 Å². The van der Waals surface area contributed by atoms with E-state index in [9.17, 15) is 13.2 Å². The van der Waals surface area contributed by atoms with Gasteiger partial charge in [0.1, 0.15) is 11.2 Å². The molecule has 4 heterocycles. The predicted molar refractivity (Wildman–Crippen MR) is 147 cm³/mol. The Morgan fingerprint density at radius 3 is 2.58 bits per heavy atom. The van der Waals surface area contributed by atoms with Crippen LogP contribution in [0.15, 0.2) is 76.4 Å². The number of benzene rings is 2. The number of nitrogens with zero attached hydrogens (tertiary/aromatic N) is 5. The molecule has 1 N–H and O–H groups in total. The Hall–Kier alpha value is -3.36. The van der Waals surface area contributed by atoms with Crippen LogP contribution in [0.25, 0.3) is 27.0 Å². The summed E-state index contributed by atoms with van der Waals surface area (Å²) in [5.74, 6) is -0.146. The van der Waals surface area contributed by atoms with E-state index in [1.807, 2.05) is 30.3 Å². The third kappa shape index (κ3) is 4.78. The molecule has 5 aromatic rings. The van der Waals surface area contributed by atoms with Gasteiger partial charge in [-0.2, -0.15) is 4.31 Å². The number of carbonyl (C=O) groups is 1. The second-order valence-electron chi connectivity index (χ2n) is 8.49. The highest BCUT2D eigenvalue weighted by molar-refractivity contribution is 7.99. The van der Waals surface area contributed by atoms with Crippen molar-refractivity contribution in [1.82, 2.24) is 23.9 Å². The lowest BCUT2D eigenvalue weighted by Crippen LogP contribution is -2.40. The van der Waals surface area contributed by atoms with E-state index in [1.165, 1.54) is 28.2 Å². The van der Waals surface area contributed by atoms with Crippen LogP contribution in [0.4, 0.5) is 5.69 Å². The number of anilines is 1. The van der Waals surface area contributed by atoms with E-state index >= 15 is 0 Å². The third-order valence-corrected chi connectivity index (χ3v) is 9.86. The van der Waals surface area contributed by atoms with Gasteiger partial charge in [0.15, 0.2) is 10.8 Å². The number of amides is 1. The van der Waals surface area contributed by atoms with Crippen LogP contribution < -0.4 is 5.32 Å². The molecule has 1 aliphatic rings. The lowest BCUT2D eigenvalue weighted by atomic mass is 10.1. The number of fused-ring (bicyclic) bond motifs is 3. The lowest BCUT2D eigenvalue weighted by Gasteiger charge is -2.26. The summed E-state index contributed by atoms with van der Waals surface area (Å²) in [6.07, 6.45) is 1.68. The van der Waals surface area contributed by atoms with Crippen LogP contribution >= 0.6 is 23.1 Å². The fraction of sp³-hybridized carbons (Fsp3) is 0.200. The van der Waals surface area contributed by atoms with Gasteiger partial charge < -0.3 is 10.1 Å². The SMILES string of the molecule is O=C(CSc1nnc2c3c(-c4ccccc4)csc3ncn12)Nc1ccc(S(=O)(=O)N2CCOCC2)cc1. The summed E-state index contributed by atoms with van der Waals surface area (Å²) in [4.78, 5) is 18.3. The minimum atomic E-state index is -3.59. The van der Waals surface area contributed by atoms with E-state index in [0.717, 1.165) is 21.3 Å². The standard InChI is InChI=1S/C25H22N6O4S3/c32-21(27-18-6-8-19(9-7-18)38(33,34)30-10-12-35-13-11-30)15-37-25-29-28-23-22-20(17-4-2-1-3-5-17)14-36-24(22)26-16-31(23)25/h1-9,14,16H,10-13,15H2,(H,27,32). The zero-order chi connectivity index (χ0) is 26.1. The molecule has 0 bridgehead atoms. The molecule has 1 aliphatic heterocycles. The maximum atomic E-state index is 12.8. The van der Waals surface area contributed by atoms with Crippen molar-refractivity contribution in [3.05, 3.63) is 66.3 Å². The summed E-state index contributed by atoms with van der Waals surface area (Å²) >= 11 is 2.80. The minimum Gasteiger partial charge on any atom is -0.379 e. The Kier molecular flexibility index (Phi) is 6.84. The van der Waals surface area contributed by atoms with Crippen LogP contribution in [0.5, 0.6) is 0 Å². The summed E-state index contributed by atoms with van der Waals surface area (Å²) in [6.45, 7) is 1.43. The van der Waals surface area contributed by atoms with Crippen LogP contribution in [0.1, 0.15) is 0 Å². The number of rotatable bonds is 7. The van der Waals surface area contributed by atoms with E-state index in [-0.39, 0.29) is 16.6 Å². The molecule has 38 heavy (non-hydrogen) atoms. The van der Waals surface area contributed by atoms with Crippen LogP contribution in [0.2, 0.25) is 0 Å². The maximum absolute atomic E-state index is 12.8. The predicted octanol–water partition coefficient (Wildman–Crippen LogP) is 3.76. The molecule has 3 aromatic heterocycles. The first-order chi connectivity index (χ1) is 18.5. The summed E-state index contributed by atoms with van der Waals surface area (Å²) in [6, 6.07) is 16.2. The van der Waals surface area contributed by atoms with Gasteiger partial charge in [0.05, 0.1) is 29.2 Å². The van der Waals surface area contributed by atoms with Crippen molar-refractivity contribution in [1.29, 1.82) is 0 Å². The molecule has 0 saturated carbocycles. The number of sulfonamides is 1. The molecule has 2 aromatic carbocycles. The largest absolute Gasteiger partial charge is 0.379 e. The molecular formula is C25H22N6O4S3. The number of thiophene rings is 1. The van der Waals surface area contributed by atoms with Crippen molar-refractivity contribution in [3.63, 3.8) is 0 Å². The zero-order valence-corrected chi connectivity index (χ0v) is 22.4. The molecule has 1 amide bonds. The van der Waals surface area contributed by atoms with Crippen molar-refractivity contribution < 1.29 is 17.9 Å². The Labute approximate surface area is 226 Å². The highest BCUT2D eigenvalue weighted by Gasteiger charge is 2.26. The number of hydrogen-bond acceptors (Lipinski definition) is 9. The van der Waals surface area contributed by atoms with Crippen molar-refractivity contribution in [2.24, 2.45) is 0 Å². The van der Waals surface area contributed by atoms with Crippen molar-refractivity contribution >= 4 is 60.6 Å². The molecule has 1 saturated heterocycles. The average molecular weight is 567 g/mol. The van der Waals surface area contributed by atoms with Crippen molar-refractivity contribution in [2.75, 3.05) is 37.4 Å². The Bertz CT molecular complexity index is 1710. The van der Waals surface area contributed by atoms with E-state index in [2.05, 4.69) is 25.9 Å². The number of thioether (sulfide) groups is 1. The second-order valence-corrected chi connectivity index (χ2v) is 12.2. The number of nitrogens with one attached hydrogen (secondary N) is 1. The van der Waals surface area contributed by atoms with Gasteiger partial charge >= 0.3 is 0 Å². The molecule has 1 fully saturated rings. The van der Waals surface area contributed by atoms with E-state index < -0.39 is 10.0 Å². The first-order valence-corrected chi connectivity index (χ1v) is 15.1. The molecular weight excluding hydrogens is 545 g/mol. The Morgan fingerprint density at radius 1 is 1.05 bits per heavy atom. The first-order valence-electron chi connectivity index (χ1n) is 11.8. The lowest BCUT2D eigenvalue weighted by molar-refractivity contribution is -0.113. The van der Waals surface area contributed by atoms with E-state index in [0.29, 0.717) is 42.8 Å². The molecule has 0 atom stereocenters. The van der Waals surface area contributed by atoms with E-state index in [1.54, 1.807) is 34.2 Å². The summed E-state index contributed by atoms with van der Waals surface area (Å²) in [5.41, 5.74) is 3.32. The van der Waals surface area contributed by atoms with Crippen LogP contribution in [0, 0.1) is 0 Å². The minimum absolute atomic E-state index is 0.0990. The summed E-state index contributed by atoms with van der Waals surface area (Å²) in [5, 5.41) is 15.1. The molecule has 6 rings (SSSR count). The highest BCUT2D eigenvalue weighted by atomic mass is 32.2. The summed E-state index contributed by atoms with van der Waals surface area (Å²) in [7, 11) is -3.59. The average Bonchev–Trinajstić information content (AvgIpc) is 3.57. The molecule has 13 heteroatoms. The van der Waals surface area contributed by atoms with Crippen LogP contribution in [-0.4, -0.2) is 70.3 Å². The van der Waals surface area contributed by atoms with Crippen LogP contribution in [0.3, 0.4) is 0 Å². The number of aromatic nitrogens is 4. The zero-order valence-electron chi connectivity index (χ0n) is 20.0. The van der Waals surface area contributed by atoms with E-state index in [4.69, 9.17) is 4.74 Å². The number of carbonyl (C=O) groups excluding carboxylic acids is 1. The quantitative estimate of drug-likeness (QED) is 0.296. The van der Waals surface area contributed by atoms with Crippen molar-refractivity contribution in [3.8, 4) is 11.1 Å². The van der Waals surface area contributed by atoms with Gasteiger partial charge in [-0.05, 0) is 29.8 Å². The molecule has 0 spiro atoms. The normalized spacial score (nSPS) is 14.7. The fourth-order valence-corrected chi connectivity index (χ4v) is 7.24. The van der Waals surface area contributed by atoms with Gasteiger partial charge in [-0.3, -0.25) is 9.20 Å². The maximum Gasteiger partial charge on any atom is 0.243 e. The van der Waals surface area contributed by atoms with Crippen molar-refractivity contribution in [2.45, 2.75) is 10.1 Å². The van der Waals surface area contributed by atoms with Crippen LogP contribution in [-0.2, 0) is 19.6 Å². The first kappa shape index (κ1) is 24.9. The monoisotopic (exact) mass is 566 g/mol. The number of ether oxygens (including phenoxy) is 1. The highest BCUT2D eigenvalue weighted by Crippen LogP contribution is 2.35. The molecule has 0 unspecified atom stereocenters. The van der Waals surface area contributed by atoms with Gasteiger partial charge in [-0.15, -0.1) is 21.5 Å². The fourth-order valence-electron chi connectivity index (χ4n) is 4.22. The topological polar surface area (TPSA) is 119 Å². The summed E-state index contributed by atoms with van der Waals surface area (Å²) < 4.78 is 34.0. The molecule has 194 valence electrons. The smallest absolute Gasteiger partial charge is 0.243 e. The number of hydrogen-bond donors (Lipinski definition) is 1. The van der Waals surface area contributed by atoms with Gasteiger partial charge in [-0.25, -0.2) is 13.4 Å². The van der Waals surface area contributed by atoms with Gasteiger partial charge in [0, 0.05) is 29.7 Å². The third-order valence-electron chi connectivity index (χ3n) is 6.11. The molecule has 0 radical (unpaired) electrons. The molecule has 10 nitrogen and oxygen atoms in total. The Morgan fingerprint density at radius 2 is 1.82 bits per heavy atom. The second kappa shape index (κ2) is 10.4.